The van der Waals surface area contributed by atoms with E-state index in [1.54, 1.807) is 12.1 Å². The highest BCUT2D eigenvalue weighted by Crippen LogP contribution is 2.33. The third-order valence-electron chi connectivity index (χ3n) is 6.09. The summed E-state index contributed by atoms with van der Waals surface area (Å²) in [5.41, 5.74) is 2.20. The van der Waals surface area contributed by atoms with Crippen molar-refractivity contribution in [3.63, 3.8) is 0 Å². The normalized spacial score (nSPS) is 13.5. The number of rotatable bonds is 4. The smallest absolute Gasteiger partial charge is 0.296 e. The van der Waals surface area contributed by atoms with Gasteiger partial charge in [0.2, 0.25) is 0 Å². The van der Waals surface area contributed by atoms with Gasteiger partial charge in [-0.3, -0.25) is 14.9 Å². The maximum Gasteiger partial charge on any atom is 0.296 e. The number of ether oxygens (including phenoxy) is 1. The van der Waals surface area contributed by atoms with Crippen LogP contribution < -0.4 is 10.5 Å². The third kappa shape index (κ3) is 4.00. The molecule has 1 fully saturated rings. The van der Waals surface area contributed by atoms with Crippen molar-refractivity contribution in [2.75, 3.05) is 31.2 Å². The quantitative estimate of drug-likeness (QED) is 0.329. The molecule has 0 atom stereocenters. The highest BCUT2D eigenvalue weighted by Gasteiger charge is 2.26. The molecule has 9 heteroatoms. The average molecular weight is 467 g/mol. The molecule has 35 heavy (non-hydrogen) atoms. The van der Waals surface area contributed by atoms with E-state index in [1.165, 1.54) is 12.1 Å². The summed E-state index contributed by atoms with van der Waals surface area (Å²) < 4.78 is 6.50. The first-order chi connectivity index (χ1) is 17.0. The van der Waals surface area contributed by atoms with Gasteiger partial charge in [0.25, 0.3) is 11.2 Å². The number of nitro benzene ring substituents is 1. The Bertz CT molecular complexity index is 1560. The Morgan fingerprint density at radius 1 is 1.03 bits per heavy atom. The van der Waals surface area contributed by atoms with E-state index >= 15 is 0 Å². The largest absolute Gasteiger partial charge is 0.378 e. The van der Waals surface area contributed by atoms with Crippen molar-refractivity contribution in [1.29, 1.82) is 5.26 Å². The number of nitriles is 1. The van der Waals surface area contributed by atoms with Gasteiger partial charge < -0.3 is 9.64 Å². The maximum atomic E-state index is 13.6. The molecule has 4 aromatic rings. The van der Waals surface area contributed by atoms with Crippen molar-refractivity contribution >= 4 is 22.1 Å². The Morgan fingerprint density at radius 3 is 2.46 bits per heavy atom. The van der Waals surface area contributed by atoms with Crippen molar-refractivity contribution in [3.8, 4) is 23.0 Å². The number of nitrogens with zero attached hydrogens (tertiary/aromatic N) is 5. The molecule has 1 aromatic heterocycles. The van der Waals surface area contributed by atoms with Crippen LogP contribution in [0.25, 0.3) is 27.7 Å². The van der Waals surface area contributed by atoms with E-state index in [0.29, 0.717) is 48.5 Å². The van der Waals surface area contributed by atoms with Gasteiger partial charge in [0, 0.05) is 30.1 Å². The van der Waals surface area contributed by atoms with Crippen LogP contribution in [-0.2, 0) is 4.74 Å². The number of morpholine rings is 1. The zero-order valence-corrected chi connectivity index (χ0v) is 19.0. The highest BCUT2D eigenvalue weighted by molar-refractivity contribution is 5.94. The monoisotopic (exact) mass is 467 g/mol. The van der Waals surface area contributed by atoms with E-state index in [1.807, 2.05) is 48.2 Å². The highest BCUT2D eigenvalue weighted by atomic mass is 16.6. The first kappa shape index (κ1) is 22.3. The summed E-state index contributed by atoms with van der Waals surface area (Å²) in [6, 6.07) is 19.6. The lowest BCUT2D eigenvalue weighted by Crippen LogP contribution is -2.37. The van der Waals surface area contributed by atoms with E-state index in [9.17, 15) is 20.2 Å². The fraction of sp³-hybridized carbons (Fsp3) is 0.192. The van der Waals surface area contributed by atoms with Gasteiger partial charge >= 0.3 is 0 Å². The maximum absolute atomic E-state index is 13.6. The molecule has 0 bridgehead atoms. The summed E-state index contributed by atoms with van der Waals surface area (Å²) in [6.45, 7) is 3.97. The van der Waals surface area contributed by atoms with Crippen LogP contribution in [0.4, 0.5) is 11.4 Å². The van der Waals surface area contributed by atoms with Gasteiger partial charge in [0.15, 0.2) is 0 Å². The predicted octanol–water partition coefficient (Wildman–Crippen LogP) is 3.98. The first-order valence-corrected chi connectivity index (χ1v) is 11.1. The van der Waals surface area contributed by atoms with Gasteiger partial charge in [-0.05, 0) is 25.1 Å². The lowest BCUT2D eigenvalue weighted by Gasteiger charge is -2.29. The van der Waals surface area contributed by atoms with Crippen molar-refractivity contribution in [3.05, 3.63) is 92.3 Å². The summed E-state index contributed by atoms with van der Waals surface area (Å²) in [4.78, 5) is 27.0. The molecule has 174 valence electrons. The molecular formula is C26H21N5O4. The van der Waals surface area contributed by atoms with Crippen LogP contribution in [0.1, 0.15) is 11.1 Å². The molecular weight excluding hydrogens is 446 g/mol. The molecule has 0 unspecified atom stereocenters. The van der Waals surface area contributed by atoms with E-state index < -0.39 is 10.5 Å². The molecule has 5 rings (SSSR count). The number of hydrogen-bond donors (Lipinski definition) is 0. The zero-order chi connectivity index (χ0) is 24.5. The molecule has 0 N–H and O–H groups in total. The summed E-state index contributed by atoms with van der Waals surface area (Å²) in [7, 11) is 0. The second kappa shape index (κ2) is 9.00. The van der Waals surface area contributed by atoms with E-state index in [0.717, 1.165) is 15.8 Å². The number of anilines is 1. The van der Waals surface area contributed by atoms with Gasteiger partial charge in [-0.25, -0.2) is 0 Å². The van der Waals surface area contributed by atoms with Crippen LogP contribution in [0.2, 0.25) is 0 Å². The lowest BCUT2D eigenvalue weighted by atomic mass is 10.0. The number of aromatic nitrogens is 2. The van der Waals surface area contributed by atoms with Crippen molar-refractivity contribution in [2.45, 2.75) is 6.92 Å². The molecule has 0 radical (unpaired) electrons. The molecule has 1 saturated heterocycles. The molecule has 2 heterocycles. The van der Waals surface area contributed by atoms with Crippen LogP contribution in [0.15, 0.2) is 65.5 Å². The summed E-state index contributed by atoms with van der Waals surface area (Å²) in [5, 5.41) is 27.5. The number of fused-ring (bicyclic) bond motifs is 1. The van der Waals surface area contributed by atoms with Crippen molar-refractivity contribution in [2.24, 2.45) is 0 Å². The molecule has 1 aliphatic heterocycles. The number of aryl methyl sites for hydroxylation is 1. The van der Waals surface area contributed by atoms with Crippen LogP contribution in [0.3, 0.4) is 0 Å². The minimum absolute atomic E-state index is 0.0140. The van der Waals surface area contributed by atoms with Crippen molar-refractivity contribution in [1.82, 2.24) is 9.78 Å². The Morgan fingerprint density at radius 2 is 1.77 bits per heavy atom. The topological polar surface area (TPSA) is 114 Å². The number of nitro groups is 1. The summed E-state index contributed by atoms with van der Waals surface area (Å²) in [5.74, 6) is 0. The molecule has 0 spiro atoms. The molecule has 0 saturated carbocycles. The molecule has 3 aromatic carbocycles. The fourth-order valence-electron chi connectivity index (χ4n) is 4.40. The summed E-state index contributed by atoms with van der Waals surface area (Å²) >= 11 is 0. The Labute approximate surface area is 200 Å². The molecule has 1 aliphatic rings. The van der Waals surface area contributed by atoms with E-state index in [-0.39, 0.29) is 16.9 Å². The minimum Gasteiger partial charge on any atom is -0.378 e. The van der Waals surface area contributed by atoms with E-state index in [2.05, 4.69) is 11.2 Å². The predicted molar refractivity (Wildman–Crippen MR) is 132 cm³/mol. The standard InChI is InChI=1S/C26H21N5O4/c1-17-5-4-6-18(13-17)25-20-7-2-3-8-21(20)26(32)30(28-25)23-15-22(29-9-11-35-12-10-29)19(16-27)14-24(23)31(33)34/h2-8,13-15H,9-12H2,1H3. The SMILES string of the molecule is Cc1cccc(-c2nn(-c3cc(N4CCOCC4)c(C#N)cc3[N+](=O)[O-])c(=O)c3ccccc23)c1. The van der Waals surface area contributed by atoms with Crippen LogP contribution in [0, 0.1) is 28.4 Å². The van der Waals surface area contributed by atoms with Gasteiger partial charge in [0.1, 0.15) is 11.8 Å². The summed E-state index contributed by atoms with van der Waals surface area (Å²) in [6.07, 6.45) is 0. The average Bonchev–Trinajstić information content (AvgIpc) is 2.89. The Kier molecular flexibility index (Phi) is 5.73. The van der Waals surface area contributed by atoms with Gasteiger partial charge in [-0.1, -0.05) is 42.0 Å². The second-order valence-electron chi connectivity index (χ2n) is 8.31. The van der Waals surface area contributed by atoms with Gasteiger partial charge in [-0.2, -0.15) is 15.0 Å². The van der Waals surface area contributed by atoms with Crippen LogP contribution in [-0.4, -0.2) is 41.0 Å². The first-order valence-electron chi connectivity index (χ1n) is 11.1. The molecule has 0 amide bonds. The third-order valence-corrected chi connectivity index (χ3v) is 6.09. The minimum atomic E-state index is -0.588. The molecule has 9 nitrogen and oxygen atoms in total. The fourth-order valence-corrected chi connectivity index (χ4v) is 4.40. The number of hydrogen-bond acceptors (Lipinski definition) is 7. The Balaban J connectivity index is 1.83. The second-order valence-corrected chi connectivity index (χ2v) is 8.31. The zero-order valence-electron chi connectivity index (χ0n) is 19.0. The lowest BCUT2D eigenvalue weighted by molar-refractivity contribution is -0.384. The Hall–Kier alpha value is -4.55. The van der Waals surface area contributed by atoms with Crippen LogP contribution >= 0.6 is 0 Å². The van der Waals surface area contributed by atoms with Crippen LogP contribution in [0.5, 0.6) is 0 Å². The van der Waals surface area contributed by atoms with Crippen molar-refractivity contribution < 1.29 is 9.66 Å². The molecule has 0 aliphatic carbocycles. The van der Waals surface area contributed by atoms with Gasteiger partial charge in [0.05, 0.1) is 40.5 Å². The van der Waals surface area contributed by atoms with E-state index in [4.69, 9.17) is 4.74 Å². The number of benzene rings is 3. The van der Waals surface area contributed by atoms with Gasteiger partial charge in [-0.15, -0.1) is 0 Å².